The highest BCUT2D eigenvalue weighted by Gasteiger charge is 2.22. The molecule has 0 aromatic carbocycles. The number of hydrogen-bond acceptors (Lipinski definition) is 4. The summed E-state index contributed by atoms with van der Waals surface area (Å²) in [5, 5.41) is 18.9. The van der Waals surface area contributed by atoms with Crippen molar-refractivity contribution >= 4 is 17.8 Å². The maximum atomic E-state index is 10.8. The molecule has 7 heteroatoms. The van der Waals surface area contributed by atoms with Gasteiger partial charge in [-0.25, -0.2) is 4.79 Å². The predicted octanol–water partition coefficient (Wildman–Crippen LogP) is -1.32. The predicted molar refractivity (Wildman–Crippen MR) is 43.7 cm³/mol. The third-order valence-electron chi connectivity index (χ3n) is 1.29. The van der Waals surface area contributed by atoms with Crippen molar-refractivity contribution in [3.05, 3.63) is 0 Å². The van der Waals surface area contributed by atoms with E-state index in [-0.39, 0.29) is 6.61 Å². The monoisotopic (exact) mass is 205 g/mol. The van der Waals surface area contributed by atoms with E-state index in [2.05, 4.69) is 4.74 Å². The summed E-state index contributed by atoms with van der Waals surface area (Å²) in [5.41, 5.74) is 0. The average Bonchev–Trinajstić information content (AvgIpc) is 2.02. The van der Waals surface area contributed by atoms with E-state index < -0.39 is 30.3 Å². The highest BCUT2D eigenvalue weighted by atomic mass is 16.5. The van der Waals surface area contributed by atoms with Crippen LogP contribution in [0.25, 0.3) is 0 Å². The van der Waals surface area contributed by atoms with Crippen molar-refractivity contribution in [3.63, 3.8) is 0 Å². The number of amides is 1. The molecule has 0 aromatic heterocycles. The van der Waals surface area contributed by atoms with Crippen LogP contribution in [0.3, 0.4) is 0 Å². The van der Waals surface area contributed by atoms with Gasteiger partial charge in [0.25, 0.3) is 0 Å². The second-order valence-corrected chi connectivity index (χ2v) is 2.49. The molecule has 0 aromatic rings. The molecule has 0 rings (SSSR count). The molecule has 1 amide bonds. The Morgan fingerprint density at radius 2 is 1.93 bits per heavy atom. The fourth-order valence-electron chi connectivity index (χ4n) is 0.742. The summed E-state index contributed by atoms with van der Waals surface area (Å²) in [5.74, 6) is -3.35. The second kappa shape index (κ2) is 5.92. The summed E-state index contributed by atoms with van der Waals surface area (Å²) < 4.78 is 4.44. The molecule has 0 heterocycles. The van der Waals surface area contributed by atoms with E-state index >= 15 is 0 Å². The summed E-state index contributed by atoms with van der Waals surface area (Å²) in [4.78, 5) is 31.5. The average molecular weight is 205 g/mol. The molecule has 3 N–H and O–H groups in total. The van der Waals surface area contributed by atoms with Gasteiger partial charge in [-0.15, -0.1) is 0 Å². The number of methoxy groups -OCH3 is 1. The highest BCUT2D eigenvalue weighted by Crippen LogP contribution is 1.92. The number of carbonyl (C=O) groups is 3. The largest absolute Gasteiger partial charge is 0.481 e. The molecule has 0 aliphatic heterocycles. The number of ether oxygens (including phenoxy) is 1. The van der Waals surface area contributed by atoms with Crippen LogP contribution in [0.5, 0.6) is 0 Å². The molecule has 0 spiro atoms. The summed E-state index contributed by atoms with van der Waals surface area (Å²) in [7, 11) is 1.27. The van der Waals surface area contributed by atoms with Crippen molar-refractivity contribution < 1.29 is 29.3 Å². The quantitative estimate of drug-likeness (QED) is 0.495. The second-order valence-electron chi connectivity index (χ2n) is 2.49. The first-order valence-corrected chi connectivity index (χ1v) is 3.70. The third kappa shape index (κ3) is 5.09. The van der Waals surface area contributed by atoms with E-state index in [1.165, 1.54) is 7.11 Å². The number of hydrogen-bond donors (Lipinski definition) is 3. The normalized spacial score (nSPS) is 11.8. The van der Waals surface area contributed by atoms with Gasteiger partial charge in [-0.2, -0.15) is 0 Å². The zero-order valence-electron chi connectivity index (χ0n) is 7.52. The fraction of sp³-hybridized carbons (Fsp3) is 0.571. The summed E-state index contributed by atoms with van der Waals surface area (Å²) in [6.45, 7) is -0.302. The molecule has 80 valence electrons. The fourth-order valence-corrected chi connectivity index (χ4v) is 0.742. The molecule has 0 aliphatic carbocycles. The minimum atomic E-state index is -1.42. The first kappa shape index (κ1) is 12.4. The molecule has 0 fully saturated rings. The molecular weight excluding hydrogens is 194 g/mol. The molecule has 7 nitrogen and oxygen atoms in total. The minimum Gasteiger partial charge on any atom is -0.481 e. The van der Waals surface area contributed by atoms with Gasteiger partial charge in [-0.05, 0) is 0 Å². The summed E-state index contributed by atoms with van der Waals surface area (Å²) >= 11 is 0. The maximum absolute atomic E-state index is 10.8. The Kier molecular flexibility index (Phi) is 5.23. The SMILES string of the molecule is COCC(=O)NC(CC(=O)O)C(=O)O. The van der Waals surface area contributed by atoms with Crippen molar-refractivity contribution in [2.75, 3.05) is 13.7 Å². The lowest BCUT2D eigenvalue weighted by Gasteiger charge is -2.11. The number of carbonyl (C=O) groups excluding carboxylic acids is 1. The first-order valence-electron chi connectivity index (χ1n) is 3.70. The summed E-state index contributed by atoms with van der Waals surface area (Å²) in [6.07, 6.45) is -0.662. The molecule has 0 saturated carbocycles. The van der Waals surface area contributed by atoms with Crippen LogP contribution in [0, 0.1) is 0 Å². The van der Waals surface area contributed by atoms with Gasteiger partial charge in [0.05, 0.1) is 6.42 Å². The van der Waals surface area contributed by atoms with Crippen molar-refractivity contribution in [3.8, 4) is 0 Å². The van der Waals surface area contributed by atoms with Crippen LogP contribution < -0.4 is 5.32 Å². The summed E-state index contributed by atoms with van der Waals surface area (Å²) in [6, 6.07) is -1.42. The van der Waals surface area contributed by atoms with Gasteiger partial charge < -0.3 is 20.3 Å². The zero-order valence-corrected chi connectivity index (χ0v) is 7.52. The van der Waals surface area contributed by atoms with Crippen LogP contribution in [0.2, 0.25) is 0 Å². The molecule has 14 heavy (non-hydrogen) atoms. The lowest BCUT2D eigenvalue weighted by molar-refractivity contribution is -0.147. The Bertz CT molecular complexity index is 238. The highest BCUT2D eigenvalue weighted by molar-refractivity contribution is 5.87. The molecule has 0 saturated heterocycles. The minimum absolute atomic E-state index is 0.302. The Hall–Kier alpha value is -1.63. The van der Waals surface area contributed by atoms with E-state index in [9.17, 15) is 14.4 Å². The van der Waals surface area contributed by atoms with Gasteiger partial charge in [-0.3, -0.25) is 9.59 Å². The number of nitrogens with one attached hydrogen (secondary N) is 1. The van der Waals surface area contributed by atoms with E-state index in [0.29, 0.717) is 0 Å². The molecule has 0 bridgehead atoms. The molecular formula is C7H11NO6. The van der Waals surface area contributed by atoms with Gasteiger partial charge in [0.15, 0.2) is 0 Å². The number of carboxylic acids is 2. The van der Waals surface area contributed by atoms with Crippen LogP contribution in [0.1, 0.15) is 6.42 Å². The van der Waals surface area contributed by atoms with E-state index in [1.54, 1.807) is 0 Å². The number of aliphatic carboxylic acids is 2. The number of carboxylic acid groups (broad SMARTS) is 2. The Morgan fingerprint density at radius 3 is 2.29 bits per heavy atom. The lowest BCUT2D eigenvalue weighted by Crippen LogP contribution is -2.43. The number of rotatable bonds is 6. The van der Waals surface area contributed by atoms with Crippen molar-refractivity contribution in [2.45, 2.75) is 12.5 Å². The molecule has 1 atom stereocenters. The lowest BCUT2D eigenvalue weighted by atomic mass is 10.2. The Labute approximate surface area is 79.7 Å². The van der Waals surface area contributed by atoms with Crippen molar-refractivity contribution in [1.82, 2.24) is 5.32 Å². The van der Waals surface area contributed by atoms with Crippen LogP contribution in [0.15, 0.2) is 0 Å². The van der Waals surface area contributed by atoms with Crippen LogP contribution in [-0.4, -0.2) is 47.8 Å². The molecule has 0 aliphatic rings. The smallest absolute Gasteiger partial charge is 0.326 e. The van der Waals surface area contributed by atoms with E-state index in [1.807, 2.05) is 5.32 Å². The van der Waals surface area contributed by atoms with Crippen molar-refractivity contribution in [1.29, 1.82) is 0 Å². The first-order chi connectivity index (χ1) is 6.47. The van der Waals surface area contributed by atoms with Gasteiger partial charge in [0.2, 0.25) is 5.91 Å². The van der Waals surface area contributed by atoms with E-state index in [4.69, 9.17) is 10.2 Å². The van der Waals surface area contributed by atoms with Crippen LogP contribution >= 0.6 is 0 Å². The molecule has 1 unspecified atom stereocenters. The zero-order chi connectivity index (χ0) is 11.1. The van der Waals surface area contributed by atoms with Crippen LogP contribution in [-0.2, 0) is 19.1 Å². The van der Waals surface area contributed by atoms with Gasteiger partial charge in [-0.1, -0.05) is 0 Å². The Balaban J connectivity index is 4.16. The van der Waals surface area contributed by atoms with Gasteiger partial charge in [0.1, 0.15) is 12.6 Å². The molecule has 0 radical (unpaired) electrons. The topological polar surface area (TPSA) is 113 Å². The van der Waals surface area contributed by atoms with Crippen LogP contribution in [0.4, 0.5) is 0 Å². The van der Waals surface area contributed by atoms with Gasteiger partial charge in [0, 0.05) is 7.11 Å². The Morgan fingerprint density at radius 1 is 1.36 bits per heavy atom. The van der Waals surface area contributed by atoms with E-state index in [0.717, 1.165) is 0 Å². The third-order valence-corrected chi connectivity index (χ3v) is 1.29. The maximum Gasteiger partial charge on any atom is 0.326 e. The van der Waals surface area contributed by atoms with Gasteiger partial charge >= 0.3 is 11.9 Å². The standard InChI is InChI=1S/C7H11NO6/c1-14-3-5(9)8-4(7(12)13)2-6(10)11/h4H,2-3H2,1H3,(H,8,9)(H,10,11)(H,12,13). The van der Waals surface area contributed by atoms with Crippen molar-refractivity contribution in [2.24, 2.45) is 0 Å².